The first kappa shape index (κ1) is 15.1. The van der Waals surface area contributed by atoms with Crippen LogP contribution in [0.4, 0.5) is 9.18 Å². The van der Waals surface area contributed by atoms with Crippen molar-refractivity contribution in [3.8, 4) is 5.75 Å². The summed E-state index contributed by atoms with van der Waals surface area (Å²) in [5.74, 6) is -2.38. The van der Waals surface area contributed by atoms with Gasteiger partial charge in [-0.15, -0.1) is 0 Å². The first-order valence-corrected chi connectivity index (χ1v) is 6.70. The number of carboxylic acids is 1. The molecule has 6 nitrogen and oxygen atoms in total. The van der Waals surface area contributed by atoms with Gasteiger partial charge in [0.2, 0.25) is 0 Å². The summed E-state index contributed by atoms with van der Waals surface area (Å²) in [7, 11) is 0. The molecule has 0 saturated carbocycles. The topological polar surface area (TPSA) is 89.9 Å². The Morgan fingerprint density at radius 3 is 2.57 bits per heavy atom. The number of hydrogen-bond donors (Lipinski definition) is 3. The predicted octanol–water partition coefficient (Wildman–Crippen LogP) is 1.54. The molecule has 7 heteroatoms. The molecule has 2 rings (SSSR count). The summed E-state index contributed by atoms with van der Waals surface area (Å²) in [6.07, 6.45) is 0.882. The number of phenols is 1. The van der Waals surface area contributed by atoms with Gasteiger partial charge in [0.15, 0.2) is 11.6 Å². The molecule has 114 valence electrons. The van der Waals surface area contributed by atoms with Crippen LogP contribution in [0.15, 0.2) is 18.2 Å². The van der Waals surface area contributed by atoms with Gasteiger partial charge in [0.05, 0.1) is 5.92 Å². The Bertz CT molecular complexity index is 542. The molecule has 1 aliphatic rings. The molecule has 1 aromatic carbocycles. The van der Waals surface area contributed by atoms with Gasteiger partial charge in [-0.1, -0.05) is 6.07 Å². The van der Waals surface area contributed by atoms with E-state index in [9.17, 15) is 14.0 Å². The number of likely N-dealkylation sites (tertiary alicyclic amines) is 1. The average molecular weight is 296 g/mol. The van der Waals surface area contributed by atoms with Crippen molar-refractivity contribution in [2.45, 2.75) is 19.4 Å². The minimum absolute atomic E-state index is 0.148. The molecule has 3 N–H and O–H groups in total. The van der Waals surface area contributed by atoms with Crippen molar-refractivity contribution >= 4 is 12.0 Å². The predicted molar refractivity (Wildman–Crippen MR) is 72.2 cm³/mol. The highest BCUT2D eigenvalue weighted by Gasteiger charge is 2.26. The Hall–Kier alpha value is -2.31. The molecule has 0 unspecified atom stereocenters. The number of benzene rings is 1. The number of phenolic OH excluding ortho intramolecular Hbond substituents is 1. The van der Waals surface area contributed by atoms with E-state index >= 15 is 0 Å². The Morgan fingerprint density at radius 2 is 2.00 bits per heavy atom. The number of hydrogen-bond acceptors (Lipinski definition) is 3. The number of carbonyl (C=O) groups excluding carboxylic acids is 1. The molecule has 0 bridgehead atoms. The lowest BCUT2D eigenvalue weighted by atomic mass is 9.97. The Labute approximate surface area is 121 Å². The number of amides is 2. The molecule has 0 spiro atoms. The minimum atomic E-state index is -0.824. The van der Waals surface area contributed by atoms with E-state index in [4.69, 9.17) is 10.2 Å². The number of carboxylic acid groups (broad SMARTS) is 1. The van der Waals surface area contributed by atoms with Crippen LogP contribution in [-0.2, 0) is 11.3 Å². The van der Waals surface area contributed by atoms with Gasteiger partial charge in [-0.3, -0.25) is 4.79 Å². The summed E-state index contributed by atoms with van der Waals surface area (Å²) < 4.78 is 13.1. The fourth-order valence-electron chi connectivity index (χ4n) is 2.28. The molecule has 0 atom stereocenters. The lowest BCUT2D eigenvalue weighted by Gasteiger charge is -2.30. The van der Waals surface area contributed by atoms with Crippen molar-refractivity contribution in [3.05, 3.63) is 29.6 Å². The van der Waals surface area contributed by atoms with Crippen LogP contribution in [0.3, 0.4) is 0 Å². The molecular weight excluding hydrogens is 279 g/mol. The number of aliphatic carboxylic acids is 1. The Balaban J connectivity index is 1.82. The van der Waals surface area contributed by atoms with Gasteiger partial charge >= 0.3 is 12.0 Å². The first-order valence-electron chi connectivity index (χ1n) is 6.70. The van der Waals surface area contributed by atoms with Crippen molar-refractivity contribution in [3.63, 3.8) is 0 Å². The van der Waals surface area contributed by atoms with Crippen molar-refractivity contribution in [2.75, 3.05) is 13.1 Å². The zero-order chi connectivity index (χ0) is 15.4. The van der Waals surface area contributed by atoms with Crippen LogP contribution >= 0.6 is 0 Å². The monoisotopic (exact) mass is 296 g/mol. The van der Waals surface area contributed by atoms with Crippen molar-refractivity contribution in [2.24, 2.45) is 5.92 Å². The van der Waals surface area contributed by atoms with Gasteiger partial charge < -0.3 is 20.4 Å². The standard InChI is InChI=1S/C14H17FN2O4/c15-11-7-9(1-2-12(11)18)8-16-14(21)17-5-3-10(4-6-17)13(19)20/h1-2,7,10,18H,3-6,8H2,(H,16,21)(H,19,20). The summed E-state index contributed by atoms with van der Waals surface area (Å²) >= 11 is 0. The second-order valence-electron chi connectivity index (χ2n) is 5.04. The highest BCUT2D eigenvalue weighted by atomic mass is 19.1. The quantitative estimate of drug-likeness (QED) is 0.789. The van der Waals surface area contributed by atoms with E-state index in [2.05, 4.69) is 5.32 Å². The highest BCUT2D eigenvalue weighted by Crippen LogP contribution is 2.18. The molecule has 0 radical (unpaired) electrons. The van der Waals surface area contributed by atoms with Gasteiger partial charge in [-0.2, -0.15) is 0 Å². The number of piperidine rings is 1. The lowest BCUT2D eigenvalue weighted by molar-refractivity contribution is -0.143. The fourth-order valence-corrected chi connectivity index (χ4v) is 2.28. The van der Waals surface area contributed by atoms with E-state index in [-0.39, 0.29) is 18.5 Å². The van der Waals surface area contributed by atoms with E-state index in [1.54, 1.807) is 4.90 Å². The summed E-state index contributed by atoms with van der Waals surface area (Å²) in [5.41, 5.74) is 0.541. The van der Waals surface area contributed by atoms with Crippen LogP contribution in [0.1, 0.15) is 18.4 Å². The molecule has 0 aromatic heterocycles. The summed E-state index contributed by atoms with van der Waals surface area (Å²) in [6, 6.07) is 3.61. The van der Waals surface area contributed by atoms with Crippen LogP contribution in [-0.4, -0.2) is 40.2 Å². The van der Waals surface area contributed by atoms with Gasteiger partial charge in [-0.05, 0) is 30.5 Å². The molecular formula is C14H17FN2O4. The summed E-state index contributed by atoms with van der Waals surface area (Å²) in [6.45, 7) is 0.939. The van der Waals surface area contributed by atoms with Gasteiger partial charge in [0.1, 0.15) is 0 Å². The fraction of sp³-hybridized carbons (Fsp3) is 0.429. The van der Waals surface area contributed by atoms with E-state index in [0.717, 1.165) is 6.07 Å². The smallest absolute Gasteiger partial charge is 0.317 e. The van der Waals surface area contributed by atoms with Crippen LogP contribution in [0.2, 0.25) is 0 Å². The first-order chi connectivity index (χ1) is 9.97. The molecule has 1 fully saturated rings. The second-order valence-corrected chi connectivity index (χ2v) is 5.04. The molecule has 1 aromatic rings. The molecule has 1 aliphatic heterocycles. The Kier molecular flexibility index (Phi) is 4.62. The van der Waals surface area contributed by atoms with Gasteiger partial charge in [0.25, 0.3) is 0 Å². The van der Waals surface area contributed by atoms with Crippen molar-refractivity contribution < 1.29 is 24.2 Å². The van der Waals surface area contributed by atoms with Gasteiger partial charge in [0, 0.05) is 19.6 Å². The van der Waals surface area contributed by atoms with Crippen LogP contribution in [0.25, 0.3) is 0 Å². The number of carbonyl (C=O) groups is 2. The Morgan fingerprint density at radius 1 is 1.33 bits per heavy atom. The van der Waals surface area contributed by atoms with Crippen LogP contribution < -0.4 is 5.32 Å². The maximum absolute atomic E-state index is 13.1. The second kappa shape index (κ2) is 6.43. The van der Waals surface area contributed by atoms with Crippen LogP contribution in [0.5, 0.6) is 5.75 Å². The normalized spacial score (nSPS) is 15.8. The number of nitrogens with one attached hydrogen (secondary N) is 1. The third-order valence-electron chi connectivity index (χ3n) is 3.59. The van der Waals surface area contributed by atoms with E-state index in [1.165, 1.54) is 12.1 Å². The maximum Gasteiger partial charge on any atom is 0.317 e. The third-order valence-corrected chi connectivity index (χ3v) is 3.59. The highest BCUT2D eigenvalue weighted by molar-refractivity contribution is 5.75. The third kappa shape index (κ3) is 3.84. The van der Waals surface area contributed by atoms with E-state index in [0.29, 0.717) is 31.5 Å². The van der Waals surface area contributed by atoms with Gasteiger partial charge in [-0.25, -0.2) is 9.18 Å². The lowest BCUT2D eigenvalue weighted by Crippen LogP contribution is -2.45. The summed E-state index contributed by atoms with van der Waals surface area (Å²) in [4.78, 5) is 24.3. The van der Waals surface area contributed by atoms with Crippen molar-refractivity contribution in [1.29, 1.82) is 0 Å². The molecule has 2 amide bonds. The number of urea groups is 1. The van der Waals surface area contributed by atoms with E-state index < -0.39 is 17.5 Å². The van der Waals surface area contributed by atoms with E-state index in [1.807, 2.05) is 0 Å². The van der Waals surface area contributed by atoms with Crippen LogP contribution in [0, 0.1) is 11.7 Å². The largest absolute Gasteiger partial charge is 0.505 e. The number of halogens is 1. The SMILES string of the molecule is O=C(O)C1CCN(C(=O)NCc2ccc(O)c(F)c2)CC1. The zero-order valence-corrected chi connectivity index (χ0v) is 11.4. The molecule has 21 heavy (non-hydrogen) atoms. The maximum atomic E-state index is 13.1. The molecule has 0 aliphatic carbocycles. The number of rotatable bonds is 3. The molecule has 1 saturated heterocycles. The number of aromatic hydroxyl groups is 1. The minimum Gasteiger partial charge on any atom is -0.505 e. The molecule has 1 heterocycles. The van der Waals surface area contributed by atoms with Crippen molar-refractivity contribution in [1.82, 2.24) is 10.2 Å². The number of nitrogens with zero attached hydrogens (tertiary/aromatic N) is 1. The zero-order valence-electron chi connectivity index (χ0n) is 11.4. The summed E-state index contributed by atoms with van der Waals surface area (Å²) in [5, 5.41) is 20.6. The average Bonchev–Trinajstić information content (AvgIpc) is 2.48.